The Labute approximate surface area is 134 Å². The van der Waals surface area contributed by atoms with Crippen molar-refractivity contribution in [2.75, 3.05) is 11.4 Å². The first kappa shape index (κ1) is 14.0. The molecule has 0 saturated heterocycles. The van der Waals surface area contributed by atoms with E-state index in [1.807, 2.05) is 62.4 Å². The van der Waals surface area contributed by atoms with Crippen LogP contribution in [0.2, 0.25) is 0 Å². The lowest BCUT2D eigenvalue weighted by molar-refractivity contribution is -0.132. The van der Waals surface area contributed by atoms with Gasteiger partial charge in [-0.1, -0.05) is 36.4 Å². The van der Waals surface area contributed by atoms with Crippen LogP contribution in [0, 0.1) is 6.92 Å². The molecule has 23 heavy (non-hydrogen) atoms. The molecule has 1 atom stereocenters. The molecule has 4 rings (SSSR count). The standard InChI is InChI=1S/C19H18N2O2/c1-3-21-16-11-7-5-9-14(16)19(23,18(21)22)17-12(2)20-15-10-6-4-8-13(15)17/h4-11,20,23H,3H2,1-2H3/t19-/m1/s1. The maximum atomic E-state index is 13.1. The maximum absolute atomic E-state index is 13.1. The van der Waals surface area contributed by atoms with Crippen LogP contribution in [-0.2, 0) is 10.4 Å². The zero-order valence-electron chi connectivity index (χ0n) is 13.1. The van der Waals surface area contributed by atoms with Gasteiger partial charge < -0.3 is 15.0 Å². The third-order valence-corrected chi connectivity index (χ3v) is 4.71. The first-order valence-corrected chi connectivity index (χ1v) is 7.80. The number of para-hydroxylation sites is 2. The zero-order chi connectivity index (χ0) is 16.2. The summed E-state index contributed by atoms with van der Waals surface area (Å²) < 4.78 is 0. The van der Waals surface area contributed by atoms with Gasteiger partial charge in [0.05, 0.1) is 5.69 Å². The molecule has 1 aliphatic rings. The Kier molecular flexibility index (Phi) is 2.87. The Morgan fingerprint density at radius 1 is 1.13 bits per heavy atom. The van der Waals surface area contributed by atoms with Gasteiger partial charge in [-0.15, -0.1) is 0 Å². The van der Waals surface area contributed by atoms with Crippen LogP contribution >= 0.6 is 0 Å². The average molecular weight is 306 g/mol. The van der Waals surface area contributed by atoms with Crippen molar-refractivity contribution in [1.29, 1.82) is 0 Å². The third kappa shape index (κ3) is 1.67. The van der Waals surface area contributed by atoms with Gasteiger partial charge in [-0.2, -0.15) is 0 Å². The SMILES string of the molecule is CCN1C(=O)[C@](O)(c2c(C)[nH]c3ccccc23)c2ccccc21. The molecule has 2 aromatic carbocycles. The molecule has 3 aromatic rings. The molecule has 116 valence electrons. The topological polar surface area (TPSA) is 56.3 Å². The normalized spacial score (nSPS) is 20.3. The van der Waals surface area contributed by atoms with Gasteiger partial charge in [-0.25, -0.2) is 0 Å². The first-order valence-electron chi connectivity index (χ1n) is 7.80. The quantitative estimate of drug-likeness (QED) is 0.764. The van der Waals surface area contributed by atoms with E-state index in [0.717, 1.165) is 22.3 Å². The summed E-state index contributed by atoms with van der Waals surface area (Å²) in [4.78, 5) is 18.0. The van der Waals surface area contributed by atoms with Gasteiger partial charge in [0.15, 0.2) is 5.60 Å². The lowest BCUT2D eigenvalue weighted by Crippen LogP contribution is -2.41. The summed E-state index contributed by atoms with van der Waals surface area (Å²) >= 11 is 0. The Bertz CT molecular complexity index is 928. The summed E-state index contributed by atoms with van der Waals surface area (Å²) in [5, 5.41) is 12.4. The molecule has 2 N–H and O–H groups in total. The second-order valence-corrected chi connectivity index (χ2v) is 5.95. The number of benzene rings is 2. The van der Waals surface area contributed by atoms with Crippen LogP contribution in [-0.4, -0.2) is 22.5 Å². The molecule has 0 bridgehead atoms. The number of H-pyrrole nitrogens is 1. The average Bonchev–Trinajstić information content (AvgIpc) is 3.01. The number of hydrogen-bond donors (Lipinski definition) is 2. The maximum Gasteiger partial charge on any atom is 0.268 e. The smallest absolute Gasteiger partial charge is 0.268 e. The van der Waals surface area contributed by atoms with Crippen molar-refractivity contribution in [2.24, 2.45) is 0 Å². The van der Waals surface area contributed by atoms with E-state index in [1.165, 1.54) is 0 Å². The number of likely N-dealkylation sites (N-methyl/N-ethyl adjacent to an activating group) is 1. The Balaban J connectivity index is 2.07. The number of anilines is 1. The predicted molar refractivity (Wildman–Crippen MR) is 90.5 cm³/mol. The van der Waals surface area contributed by atoms with Gasteiger partial charge in [0, 0.05) is 34.3 Å². The van der Waals surface area contributed by atoms with Gasteiger partial charge >= 0.3 is 0 Å². The lowest BCUT2D eigenvalue weighted by atomic mass is 9.85. The fraction of sp³-hybridized carbons (Fsp3) is 0.211. The lowest BCUT2D eigenvalue weighted by Gasteiger charge is -2.23. The number of nitrogens with zero attached hydrogens (tertiary/aromatic N) is 1. The van der Waals surface area contributed by atoms with E-state index in [9.17, 15) is 9.90 Å². The highest BCUT2D eigenvalue weighted by Gasteiger charge is 2.52. The minimum absolute atomic E-state index is 0.283. The monoisotopic (exact) mass is 306 g/mol. The van der Waals surface area contributed by atoms with Crippen LogP contribution in [0.5, 0.6) is 0 Å². The largest absolute Gasteiger partial charge is 0.372 e. The molecule has 0 unspecified atom stereocenters. The summed E-state index contributed by atoms with van der Waals surface area (Å²) in [5.74, 6) is -0.283. The molecule has 0 spiro atoms. The van der Waals surface area contributed by atoms with Crippen molar-refractivity contribution in [3.63, 3.8) is 0 Å². The van der Waals surface area contributed by atoms with Crippen LogP contribution in [0.1, 0.15) is 23.7 Å². The van der Waals surface area contributed by atoms with Gasteiger partial charge in [-0.3, -0.25) is 4.79 Å². The molecule has 0 saturated carbocycles. The Hall–Kier alpha value is -2.59. The van der Waals surface area contributed by atoms with E-state index >= 15 is 0 Å². The number of aliphatic hydroxyl groups is 1. The van der Waals surface area contributed by atoms with Crippen molar-refractivity contribution in [1.82, 2.24) is 4.98 Å². The summed E-state index contributed by atoms with van der Waals surface area (Å²) in [6, 6.07) is 15.2. The molecule has 1 aliphatic heterocycles. The van der Waals surface area contributed by atoms with Crippen molar-refractivity contribution in [2.45, 2.75) is 19.4 Å². The van der Waals surface area contributed by atoms with E-state index < -0.39 is 5.60 Å². The number of hydrogen-bond acceptors (Lipinski definition) is 2. The molecule has 0 aliphatic carbocycles. The van der Waals surface area contributed by atoms with E-state index in [1.54, 1.807) is 4.90 Å². The predicted octanol–water partition coefficient (Wildman–Crippen LogP) is 3.08. The Morgan fingerprint density at radius 3 is 2.61 bits per heavy atom. The van der Waals surface area contributed by atoms with Crippen LogP contribution in [0.25, 0.3) is 10.9 Å². The van der Waals surface area contributed by atoms with Crippen LogP contribution in [0.3, 0.4) is 0 Å². The highest BCUT2D eigenvalue weighted by atomic mass is 16.3. The third-order valence-electron chi connectivity index (χ3n) is 4.71. The van der Waals surface area contributed by atoms with Crippen molar-refractivity contribution in [3.8, 4) is 0 Å². The molecule has 0 radical (unpaired) electrons. The fourth-order valence-electron chi connectivity index (χ4n) is 3.73. The summed E-state index contributed by atoms with van der Waals surface area (Å²) in [7, 11) is 0. The van der Waals surface area contributed by atoms with Crippen molar-refractivity contribution < 1.29 is 9.90 Å². The number of aromatic nitrogens is 1. The second-order valence-electron chi connectivity index (χ2n) is 5.95. The minimum atomic E-state index is -1.64. The number of amides is 1. The Morgan fingerprint density at radius 2 is 1.83 bits per heavy atom. The molecular formula is C19H18N2O2. The molecule has 4 heteroatoms. The number of rotatable bonds is 2. The fourth-order valence-corrected chi connectivity index (χ4v) is 3.73. The van der Waals surface area contributed by atoms with E-state index in [0.29, 0.717) is 17.7 Å². The molecular weight excluding hydrogens is 288 g/mol. The van der Waals surface area contributed by atoms with Crippen LogP contribution in [0.4, 0.5) is 5.69 Å². The number of carbonyl (C=O) groups excluding carboxylic acids is 1. The summed E-state index contributed by atoms with van der Waals surface area (Å²) in [6.45, 7) is 4.35. The van der Waals surface area contributed by atoms with Gasteiger partial charge in [0.2, 0.25) is 0 Å². The van der Waals surface area contributed by atoms with Crippen LogP contribution in [0.15, 0.2) is 48.5 Å². The highest BCUT2D eigenvalue weighted by molar-refractivity contribution is 6.11. The minimum Gasteiger partial charge on any atom is -0.372 e. The summed E-state index contributed by atoms with van der Waals surface area (Å²) in [6.07, 6.45) is 0. The number of nitrogens with one attached hydrogen (secondary N) is 1. The van der Waals surface area contributed by atoms with Crippen molar-refractivity contribution in [3.05, 3.63) is 65.4 Å². The summed E-state index contributed by atoms with van der Waals surface area (Å²) in [5.41, 5.74) is 2.19. The molecule has 1 amide bonds. The van der Waals surface area contributed by atoms with Crippen LogP contribution < -0.4 is 4.90 Å². The molecule has 1 aromatic heterocycles. The molecule has 4 nitrogen and oxygen atoms in total. The number of aromatic amines is 1. The molecule has 0 fully saturated rings. The highest BCUT2D eigenvalue weighted by Crippen LogP contribution is 2.47. The molecule has 2 heterocycles. The van der Waals surface area contributed by atoms with Gasteiger partial charge in [-0.05, 0) is 26.0 Å². The van der Waals surface area contributed by atoms with E-state index in [4.69, 9.17) is 0 Å². The van der Waals surface area contributed by atoms with Gasteiger partial charge in [0.1, 0.15) is 0 Å². The number of aryl methyl sites for hydroxylation is 1. The van der Waals surface area contributed by atoms with E-state index in [-0.39, 0.29) is 5.91 Å². The number of carbonyl (C=O) groups is 1. The van der Waals surface area contributed by atoms with Crippen molar-refractivity contribution >= 4 is 22.5 Å². The number of fused-ring (bicyclic) bond motifs is 2. The van der Waals surface area contributed by atoms with E-state index in [2.05, 4.69) is 4.98 Å². The van der Waals surface area contributed by atoms with Gasteiger partial charge in [0.25, 0.3) is 5.91 Å². The zero-order valence-corrected chi connectivity index (χ0v) is 13.1. The first-order chi connectivity index (χ1) is 11.1. The second kappa shape index (κ2) is 4.70.